The van der Waals surface area contributed by atoms with E-state index in [1.54, 1.807) is 0 Å². The minimum absolute atomic E-state index is 0.267. The van der Waals surface area contributed by atoms with E-state index in [1.165, 1.54) is 10.9 Å². The molecule has 1 aromatic heterocycles. The van der Waals surface area contributed by atoms with Crippen molar-refractivity contribution in [3.8, 4) is 0 Å². The Hall–Kier alpha value is -1.49. The Bertz CT molecular complexity index is 643. The quantitative estimate of drug-likeness (QED) is 0.940. The maximum absolute atomic E-state index is 5.87. The lowest BCUT2D eigenvalue weighted by atomic mass is 10.1. The van der Waals surface area contributed by atoms with Crippen LogP contribution in [0.3, 0.4) is 0 Å². The summed E-state index contributed by atoms with van der Waals surface area (Å²) >= 11 is 0. The number of pyridine rings is 1. The number of hydrogen-bond donors (Lipinski definition) is 1. The highest BCUT2D eigenvalue weighted by molar-refractivity contribution is 5.79. The van der Waals surface area contributed by atoms with E-state index in [9.17, 15) is 0 Å². The van der Waals surface area contributed by atoms with E-state index < -0.39 is 0 Å². The van der Waals surface area contributed by atoms with Gasteiger partial charge in [0.15, 0.2) is 0 Å². The Morgan fingerprint density at radius 2 is 2.23 bits per heavy atom. The van der Waals surface area contributed by atoms with Gasteiger partial charge in [-0.2, -0.15) is 0 Å². The molecule has 1 fully saturated rings. The summed E-state index contributed by atoms with van der Waals surface area (Å²) in [5.74, 6) is 0. The molecule has 0 saturated carbocycles. The predicted octanol–water partition coefficient (Wildman–Crippen LogP) is 2.35. The van der Waals surface area contributed by atoms with Crippen LogP contribution >= 0.6 is 0 Å². The van der Waals surface area contributed by atoms with Gasteiger partial charge in [0.2, 0.25) is 0 Å². The summed E-state index contributed by atoms with van der Waals surface area (Å²) in [5.41, 5.74) is 3.41. The van der Waals surface area contributed by atoms with Crippen molar-refractivity contribution in [2.24, 2.45) is 0 Å². The van der Waals surface area contributed by atoms with E-state index in [1.807, 2.05) is 6.92 Å². The summed E-state index contributed by atoms with van der Waals surface area (Å²) < 4.78 is 5.87. The first kappa shape index (κ1) is 15.4. The Morgan fingerprint density at radius 3 is 3.05 bits per heavy atom. The van der Waals surface area contributed by atoms with Gasteiger partial charge in [0.05, 0.1) is 18.2 Å². The first-order chi connectivity index (χ1) is 10.6. The highest BCUT2D eigenvalue weighted by Crippen LogP contribution is 2.15. The van der Waals surface area contributed by atoms with Crippen LogP contribution in [0.5, 0.6) is 0 Å². The Kier molecular flexibility index (Phi) is 4.71. The molecule has 1 saturated heterocycles. The lowest BCUT2D eigenvalue weighted by Gasteiger charge is -2.34. The molecule has 0 spiro atoms. The SMILES string of the molecule is Cc1ccc2cc(CN[C@@H](C)[C@@H]3CN(C)CCO3)ccc2n1. The lowest BCUT2D eigenvalue weighted by molar-refractivity contribution is -0.0356. The molecule has 1 aliphatic rings. The number of nitrogens with one attached hydrogen (secondary N) is 1. The second-order valence-electron chi connectivity index (χ2n) is 6.32. The van der Waals surface area contributed by atoms with Gasteiger partial charge in [-0.05, 0) is 44.7 Å². The number of benzene rings is 1. The Balaban J connectivity index is 1.62. The van der Waals surface area contributed by atoms with Gasteiger partial charge in [0.25, 0.3) is 0 Å². The number of morpholine rings is 1. The van der Waals surface area contributed by atoms with Crippen molar-refractivity contribution in [3.05, 3.63) is 41.6 Å². The summed E-state index contributed by atoms with van der Waals surface area (Å²) in [6, 6.07) is 11.0. The molecule has 22 heavy (non-hydrogen) atoms. The van der Waals surface area contributed by atoms with Crippen LogP contribution in [0.2, 0.25) is 0 Å². The number of likely N-dealkylation sites (N-methyl/N-ethyl adjacent to an activating group) is 1. The van der Waals surface area contributed by atoms with Crippen LogP contribution in [0.15, 0.2) is 30.3 Å². The minimum Gasteiger partial charge on any atom is -0.374 e. The Labute approximate surface area is 132 Å². The first-order valence-corrected chi connectivity index (χ1v) is 8.01. The highest BCUT2D eigenvalue weighted by atomic mass is 16.5. The zero-order valence-corrected chi connectivity index (χ0v) is 13.7. The number of aromatic nitrogens is 1. The molecule has 1 aromatic carbocycles. The maximum atomic E-state index is 5.87. The third-order valence-corrected chi connectivity index (χ3v) is 4.38. The van der Waals surface area contributed by atoms with Gasteiger partial charge in [-0.1, -0.05) is 12.1 Å². The molecule has 0 amide bonds. The summed E-state index contributed by atoms with van der Waals surface area (Å²) in [7, 11) is 2.15. The molecule has 3 rings (SSSR count). The molecule has 2 atom stereocenters. The van der Waals surface area contributed by atoms with Crippen LogP contribution in [0.4, 0.5) is 0 Å². The molecule has 0 radical (unpaired) electrons. The molecule has 1 aliphatic heterocycles. The lowest BCUT2D eigenvalue weighted by Crippen LogP contribution is -2.49. The van der Waals surface area contributed by atoms with Gasteiger partial charge in [-0.15, -0.1) is 0 Å². The van der Waals surface area contributed by atoms with E-state index in [-0.39, 0.29) is 6.10 Å². The van der Waals surface area contributed by atoms with Crippen LogP contribution < -0.4 is 5.32 Å². The van der Waals surface area contributed by atoms with Crippen LogP contribution in [0.1, 0.15) is 18.2 Å². The molecule has 2 aromatic rings. The first-order valence-electron chi connectivity index (χ1n) is 8.01. The molecule has 2 heterocycles. The number of hydrogen-bond acceptors (Lipinski definition) is 4. The molecule has 0 aliphatic carbocycles. The van der Waals surface area contributed by atoms with Crippen molar-refractivity contribution in [1.82, 2.24) is 15.2 Å². The maximum Gasteiger partial charge on any atom is 0.0852 e. The van der Waals surface area contributed by atoms with Crippen molar-refractivity contribution in [3.63, 3.8) is 0 Å². The molecule has 4 heteroatoms. The van der Waals surface area contributed by atoms with Crippen molar-refractivity contribution in [1.29, 1.82) is 0 Å². The van der Waals surface area contributed by atoms with E-state index in [0.29, 0.717) is 6.04 Å². The van der Waals surface area contributed by atoms with E-state index in [0.717, 1.165) is 37.5 Å². The molecule has 4 nitrogen and oxygen atoms in total. The number of fused-ring (bicyclic) bond motifs is 1. The fourth-order valence-corrected chi connectivity index (χ4v) is 2.91. The monoisotopic (exact) mass is 299 g/mol. The molecular formula is C18H25N3O. The van der Waals surface area contributed by atoms with Gasteiger partial charge >= 0.3 is 0 Å². The van der Waals surface area contributed by atoms with Crippen LogP contribution in [-0.4, -0.2) is 48.8 Å². The average Bonchev–Trinajstić information content (AvgIpc) is 2.52. The van der Waals surface area contributed by atoms with Crippen LogP contribution in [-0.2, 0) is 11.3 Å². The zero-order chi connectivity index (χ0) is 15.5. The van der Waals surface area contributed by atoms with Crippen molar-refractivity contribution >= 4 is 10.9 Å². The number of nitrogens with zero attached hydrogens (tertiary/aromatic N) is 2. The highest BCUT2D eigenvalue weighted by Gasteiger charge is 2.23. The second-order valence-corrected chi connectivity index (χ2v) is 6.32. The summed E-state index contributed by atoms with van der Waals surface area (Å²) in [5, 5.41) is 4.79. The number of aryl methyl sites for hydroxylation is 1. The minimum atomic E-state index is 0.267. The molecule has 0 bridgehead atoms. The van der Waals surface area contributed by atoms with E-state index in [4.69, 9.17) is 4.74 Å². The van der Waals surface area contributed by atoms with Gasteiger partial charge in [0, 0.05) is 36.8 Å². The number of ether oxygens (including phenoxy) is 1. The van der Waals surface area contributed by atoms with Gasteiger partial charge in [-0.25, -0.2) is 0 Å². The Morgan fingerprint density at radius 1 is 1.36 bits per heavy atom. The third-order valence-electron chi connectivity index (χ3n) is 4.38. The predicted molar refractivity (Wildman–Crippen MR) is 90.0 cm³/mol. The smallest absolute Gasteiger partial charge is 0.0852 e. The van der Waals surface area contributed by atoms with Crippen molar-refractivity contribution in [2.45, 2.75) is 32.5 Å². The van der Waals surface area contributed by atoms with Crippen molar-refractivity contribution in [2.75, 3.05) is 26.7 Å². The van der Waals surface area contributed by atoms with E-state index in [2.05, 4.69) is 59.5 Å². The third kappa shape index (κ3) is 3.64. The van der Waals surface area contributed by atoms with Crippen LogP contribution in [0.25, 0.3) is 10.9 Å². The summed E-state index contributed by atoms with van der Waals surface area (Å²) in [4.78, 5) is 6.88. The largest absolute Gasteiger partial charge is 0.374 e. The fraction of sp³-hybridized carbons (Fsp3) is 0.500. The van der Waals surface area contributed by atoms with Crippen LogP contribution in [0, 0.1) is 6.92 Å². The molecular weight excluding hydrogens is 274 g/mol. The van der Waals surface area contributed by atoms with Crippen molar-refractivity contribution < 1.29 is 4.74 Å². The van der Waals surface area contributed by atoms with Gasteiger partial charge in [-0.3, -0.25) is 4.98 Å². The normalized spacial score (nSPS) is 21.1. The van der Waals surface area contributed by atoms with Gasteiger partial charge in [0.1, 0.15) is 0 Å². The van der Waals surface area contributed by atoms with Gasteiger partial charge < -0.3 is 15.0 Å². The zero-order valence-electron chi connectivity index (χ0n) is 13.7. The molecule has 1 N–H and O–H groups in total. The summed E-state index contributed by atoms with van der Waals surface area (Å²) in [6.07, 6.45) is 0.267. The second kappa shape index (κ2) is 6.73. The number of rotatable bonds is 4. The average molecular weight is 299 g/mol. The summed E-state index contributed by atoms with van der Waals surface area (Å²) in [6.45, 7) is 7.94. The standard InChI is InChI=1S/C18H25N3O/c1-13-4-6-16-10-15(5-7-17(16)20-13)11-19-14(2)18-12-21(3)8-9-22-18/h4-7,10,14,18-19H,8-9,11-12H2,1-3H3/t14-,18-/m0/s1. The molecule has 0 unspecified atom stereocenters. The van der Waals surface area contributed by atoms with E-state index >= 15 is 0 Å². The molecule has 118 valence electrons. The fourth-order valence-electron chi connectivity index (χ4n) is 2.91. The topological polar surface area (TPSA) is 37.4 Å².